The van der Waals surface area contributed by atoms with Gasteiger partial charge >= 0.3 is 5.97 Å². The summed E-state index contributed by atoms with van der Waals surface area (Å²) in [6.45, 7) is 2.80. The minimum absolute atomic E-state index is 0.0559. The lowest BCUT2D eigenvalue weighted by atomic mass is 9.79. The number of esters is 1. The van der Waals surface area contributed by atoms with E-state index >= 15 is 0 Å². The molecule has 5 rings (SSSR count). The lowest BCUT2D eigenvalue weighted by Gasteiger charge is -2.25. The molecule has 2 aliphatic rings. The fourth-order valence-corrected chi connectivity index (χ4v) is 5.17. The maximum atomic E-state index is 13.4. The van der Waals surface area contributed by atoms with Gasteiger partial charge in [-0.15, -0.1) is 0 Å². The zero-order valence-electron chi connectivity index (χ0n) is 19.9. The van der Waals surface area contributed by atoms with E-state index in [0.717, 1.165) is 28.9 Å². The summed E-state index contributed by atoms with van der Waals surface area (Å²) in [4.78, 5) is 13.4. The minimum atomic E-state index is -0.615. The van der Waals surface area contributed by atoms with E-state index in [4.69, 9.17) is 23.7 Å². The molecule has 3 aromatic carbocycles. The van der Waals surface area contributed by atoms with E-state index in [1.54, 1.807) is 25.3 Å². The number of methoxy groups -OCH3 is 2. The van der Waals surface area contributed by atoms with Crippen molar-refractivity contribution in [2.45, 2.75) is 25.2 Å². The van der Waals surface area contributed by atoms with Crippen molar-refractivity contribution in [2.75, 3.05) is 27.6 Å². The average molecular weight is 477 g/mol. The number of benzene rings is 3. The molecular weight excluding hydrogens is 448 g/mol. The fourth-order valence-electron chi connectivity index (χ4n) is 5.17. The summed E-state index contributed by atoms with van der Waals surface area (Å²) in [6.07, 6.45) is 0.879. The number of phenolic OH excluding ortho intramolecular Hbond substituents is 1. The molecule has 0 saturated heterocycles. The third-order valence-electron chi connectivity index (χ3n) is 6.72. The van der Waals surface area contributed by atoms with Crippen molar-refractivity contribution in [1.82, 2.24) is 0 Å². The molecule has 0 radical (unpaired) electrons. The SMILES string of the molecule is CCCOc1ccc2c(c1)[C@H](c1ccc(OC)cc1O)[C@H](C(=O)OC)[C@@H]2c1ccc2c(c1)OCO2. The van der Waals surface area contributed by atoms with E-state index < -0.39 is 11.8 Å². The van der Waals surface area contributed by atoms with Crippen LogP contribution in [0.25, 0.3) is 0 Å². The van der Waals surface area contributed by atoms with Crippen molar-refractivity contribution in [1.29, 1.82) is 0 Å². The number of hydrogen-bond acceptors (Lipinski definition) is 7. The zero-order valence-corrected chi connectivity index (χ0v) is 19.9. The monoisotopic (exact) mass is 476 g/mol. The Morgan fingerprint density at radius 3 is 2.43 bits per heavy atom. The van der Waals surface area contributed by atoms with Crippen LogP contribution in [0.2, 0.25) is 0 Å². The van der Waals surface area contributed by atoms with Crippen LogP contribution in [0.3, 0.4) is 0 Å². The summed E-state index contributed by atoms with van der Waals surface area (Å²) in [5, 5.41) is 11.0. The molecule has 0 saturated carbocycles. The number of ether oxygens (including phenoxy) is 5. The molecule has 3 atom stereocenters. The van der Waals surface area contributed by atoms with Gasteiger partial charge in [0.2, 0.25) is 6.79 Å². The maximum absolute atomic E-state index is 13.4. The molecule has 1 N–H and O–H groups in total. The number of rotatable bonds is 7. The summed E-state index contributed by atoms with van der Waals surface area (Å²) < 4.78 is 27.6. The average Bonchev–Trinajstić information content (AvgIpc) is 3.48. The molecule has 1 heterocycles. The Balaban J connectivity index is 1.70. The molecule has 0 spiro atoms. The van der Waals surface area contributed by atoms with E-state index in [0.29, 0.717) is 29.4 Å². The van der Waals surface area contributed by atoms with Crippen molar-refractivity contribution >= 4 is 5.97 Å². The van der Waals surface area contributed by atoms with E-state index in [2.05, 4.69) is 6.92 Å². The summed E-state index contributed by atoms with van der Waals surface area (Å²) in [6, 6.07) is 16.8. The summed E-state index contributed by atoms with van der Waals surface area (Å²) in [7, 11) is 2.94. The van der Waals surface area contributed by atoms with Gasteiger partial charge in [-0.1, -0.05) is 25.1 Å². The number of carbonyl (C=O) groups excluding carboxylic acids is 1. The molecule has 7 nitrogen and oxygen atoms in total. The molecule has 35 heavy (non-hydrogen) atoms. The maximum Gasteiger partial charge on any atom is 0.310 e. The second kappa shape index (κ2) is 9.41. The molecule has 0 bridgehead atoms. The van der Waals surface area contributed by atoms with E-state index in [1.165, 1.54) is 7.11 Å². The molecule has 182 valence electrons. The molecule has 7 heteroatoms. The predicted octanol–water partition coefficient (Wildman–Crippen LogP) is 4.98. The highest BCUT2D eigenvalue weighted by Gasteiger charge is 2.48. The Hall–Kier alpha value is -3.87. The molecule has 1 aliphatic carbocycles. The van der Waals surface area contributed by atoms with Gasteiger partial charge in [0.05, 0.1) is 26.7 Å². The molecule has 0 amide bonds. The molecule has 3 aromatic rings. The predicted molar refractivity (Wildman–Crippen MR) is 129 cm³/mol. The van der Waals surface area contributed by atoms with Crippen molar-refractivity contribution in [2.24, 2.45) is 5.92 Å². The highest BCUT2D eigenvalue weighted by atomic mass is 16.7. The Labute approximate surface area is 204 Å². The normalized spacial score (nSPS) is 19.8. The summed E-state index contributed by atoms with van der Waals surface area (Å²) in [5.41, 5.74) is 3.42. The zero-order chi connectivity index (χ0) is 24.5. The van der Waals surface area contributed by atoms with Crippen LogP contribution < -0.4 is 18.9 Å². The lowest BCUT2D eigenvalue weighted by molar-refractivity contribution is -0.146. The number of fused-ring (bicyclic) bond motifs is 2. The number of carbonyl (C=O) groups is 1. The van der Waals surface area contributed by atoms with E-state index in [-0.39, 0.29) is 24.4 Å². The smallest absolute Gasteiger partial charge is 0.310 e. The van der Waals surface area contributed by atoms with E-state index in [1.807, 2.05) is 36.4 Å². The molecular formula is C28H28O7. The third kappa shape index (κ3) is 4.01. The first-order chi connectivity index (χ1) is 17.0. The van der Waals surface area contributed by atoms with Crippen LogP contribution in [0, 0.1) is 5.92 Å². The van der Waals surface area contributed by atoms with Crippen LogP contribution in [0.15, 0.2) is 54.6 Å². The quantitative estimate of drug-likeness (QED) is 0.481. The van der Waals surface area contributed by atoms with Crippen LogP contribution in [-0.4, -0.2) is 38.7 Å². The van der Waals surface area contributed by atoms with Crippen LogP contribution in [0.4, 0.5) is 0 Å². The van der Waals surface area contributed by atoms with Crippen LogP contribution >= 0.6 is 0 Å². The Bertz CT molecular complexity index is 1250. The van der Waals surface area contributed by atoms with Crippen molar-refractivity contribution in [3.8, 4) is 28.7 Å². The van der Waals surface area contributed by atoms with Gasteiger partial charge in [0.1, 0.15) is 17.2 Å². The van der Waals surface area contributed by atoms with Gasteiger partial charge < -0.3 is 28.8 Å². The van der Waals surface area contributed by atoms with Crippen LogP contribution in [0.5, 0.6) is 28.7 Å². The third-order valence-corrected chi connectivity index (χ3v) is 6.72. The number of hydrogen-bond donors (Lipinski definition) is 1. The van der Waals surface area contributed by atoms with E-state index in [9.17, 15) is 9.90 Å². The Kier molecular flexibility index (Phi) is 6.16. The fraction of sp³-hybridized carbons (Fsp3) is 0.321. The number of aromatic hydroxyl groups is 1. The molecule has 0 fully saturated rings. The van der Waals surface area contributed by atoms with Crippen LogP contribution in [0.1, 0.15) is 47.4 Å². The second-order valence-electron chi connectivity index (χ2n) is 8.68. The van der Waals surface area contributed by atoms with Gasteiger partial charge in [0.15, 0.2) is 11.5 Å². The summed E-state index contributed by atoms with van der Waals surface area (Å²) >= 11 is 0. The van der Waals surface area contributed by atoms with Crippen molar-refractivity contribution in [3.05, 3.63) is 76.9 Å². The molecule has 1 aliphatic heterocycles. The molecule has 0 aromatic heterocycles. The lowest BCUT2D eigenvalue weighted by Crippen LogP contribution is -2.25. The standard InChI is InChI=1S/C28H28O7/c1-4-11-33-18-7-8-19-21(13-18)26(20-9-6-17(31-2)14-22(20)29)27(28(30)32-3)25(19)16-5-10-23-24(12-16)35-15-34-23/h5-10,12-14,25-27,29H,4,11,15H2,1-3H3/t25-,26+,27-/m1/s1. The van der Waals surface area contributed by atoms with Crippen molar-refractivity contribution in [3.63, 3.8) is 0 Å². The first kappa shape index (κ1) is 22.9. The first-order valence-electron chi connectivity index (χ1n) is 11.7. The second-order valence-corrected chi connectivity index (χ2v) is 8.68. The summed E-state index contributed by atoms with van der Waals surface area (Å²) in [5.74, 6) is 0.879. The Morgan fingerprint density at radius 2 is 1.69 bits per heavy atom. The highest BCUT2D eigenvalue weighted by molar-refractivity contribution is 5.80. The van der Waals surface area contributed by atoms with Gasteiger partial charge in [-0.25, -0.2) is 0 Å². The van der Waals surface area contributed by atoms with Gasteiger partial charge in [-0.05, 0) is 53.4 Å². The minimum Gasteiger partial charge on any atom is -0.508 e. The van der Waals surface area contributed by atoms with Gasteiger partial charge in [-0.2, -0.15) is 0 Å². The van der Waals surface area contributed by atoms with Gasteiger partial charge in [0, 0.05) is 23.5 Å². The largest absolute Gasteiger partial charge is 0.508 e. The van der Waals surface area contributed by atoms with Gasteiger partial charge in [-0.3, -0.25) is 4.79 Å². The topological polar surface area (TPSA) is 83.5 Å². The highest BCUT2D eigenvalue weighted by Crippen LogP contribution is 2.56. The first-order valence-corrected chi connectivity index (χ1v) is 11.7. The Morgan fingerprint density at radius 1 is 0.914 bits per heavy atom. The van der Waals surface area contributed by atoms with Crippen molar-refractivity contribution < 1.29 is 33.6 Å². The number of phenols is 1. The molecule has 0 unspecified atom stereocenters. The van der Waals surface area contributed by atoms with Crippen LogP contribution in [-0.2, 0) is 9.53 Å². The van der Waals surface area contributed by atoms with Gasteiger partial charge in [0.25, 0.3) is 0 Å².